The number of pyridine rings is 1. The number of carbonyl (C=O) groups is 2. The van der Waals surface area contributed by atoms with Crippen LogP contribution in [0.5, 0.6) is 0 Å². The molecule has 0 spiro atoms. The van der Waals surface area contributed by atoms with Crippen molar-refractivity contribution in [2.45, 2.75) is 13.5 Å². The van der Waals surface area contributed by atoms with E-state index in [9.17, 15) is 9.59 Å². The lowest BCUT2D eigenvalue weighted by atomic mass is 10.1. The molecular formula is C24H21N3O3. The summed E-state index contributed by atoms with van der Waals surface area (Å²) in [4.78, 5) is 31.1. The van der Waals surface area contributed by atoms with Crippen molar-refractivity contribution in [3.8, 4) is 11.5 Å². The van der Waals surface area contributed by atoms with Crippen molar-refractivity contribution >= 4 is 28.4 Å². The number of hydrogen-bond donors (Lipinski definition) is 1. The van der Waals surface area contributed by atoms with Gasteiger partial charge < -0.3 is 14.6 Å². The Hall–Kier alpha value is -3.93. The number of rotatable bonds is 5. The monoisotopic (exact) mass is 399 g/mol. The van der Waals surface area contributed by atoms with Crippen molar-refractivity contribution in [1.29, 1.82) is 0 Å². The lowest BCUT2D eigenvalue weighted by molar-refractivity contribution is -0.128. The molecule has 0 radical (unpaired) electrons. The van der Waals surface area contributed by atoms with Gasteiger partial charge in [-0.25, -0.2) is 4.98 Å². The summed E-state index contributed by atoms with van der Waals surface area (Å²) >= 11 is 0. The largest absolute Gasteiger partial charge is 0.463 e. The second-order valence-corrected chi connectivity index (χ2v) is 7.04. The smallest absolute Gasteiger partial charge is 0.256 e. The number of nitrogens with one attached hydrogen (secondary N) is 1. The summed E-state index contributed by atoms with van der Waals surface area (Å²) in [5, 5.41) is 3.75. The number of para-hydroxylation sites is 2. The molecule has 6 heteroatoms. The minimum Gasteiger partial charge on any atom is -0.463 e. The van der Waals surface area contributed by atoms with Crippen molar-refractivity contribution in [1.82, 2.24) is 9.88 Å². The molecule has 2 aromatic carbocycles. The number of furan rings is 1. The first-order valence-electron chi connectivity index (χ1n) is 9.57. The Labute approximate surface area is 174 Å². The third-order valence-corrected chi connectivity index (χ3v) is 4.95. The molecule has 2 amide bonds. The van der Waals surface area contributed by atoms with Crippen LogP contribution in [-0.2, 0) is 11.3 Å². The van der Waals surface area contributed by atoms with E-state index >= 15 is 0 Å². The maximum Gasteiger partial charge on any atom is 0.256 e. The van der Waals surface area contributed by atoms with Gasteiger partial charge >= 0.3 is 0 Å². The van der Waals surface area contributed by atoms with Gasteiger partial charge in [0.2, 0.25) is 5.91 Å². The number of anilines is 1. The minimum atomic E-state index is -0.251. The zero-order valence-electron chi connectivity index (χ0n) is 16.8. The van der Waals surface area contributed by atoms with Crippen LogP contribution in [0, 0.1) is 0 Å². The molecule has 4 aromatic rings. The highest BCUT2D eigenvalue weighted by molar-refractivity contribution is 6.13. The van der Waals surface area contributed by atoms with E-state index in [0.717, 1.165) is 10.9 Å². The summed E-state index contributed by atoms with van der Waals surface area (Å²) < 4.78 is 5.48. The first-order valence-corrected chi connectivity index (χ1v) is 9.57. The molecule has 6 nitrogen and oxygen atoms in total. The first-order chi connectivity index (χ1) is 14.5. The van der Waals surface area contributed by atoms with Gasteiger partial charge in [-0.15, -0.1) is 0 Å². The Bertz CT molecular complexity index is 1220. The number of aromatic nitrogens is 1. The average Bonchev–Trinajstić information content (AvgIpc) is 3.29. The van der Waals surface area contributed by atoms with E-state index in [1.165, 1.54) is 6.92 Å². The zero-order valence-corrected chi connectivity index (χ0v) is 16.8. The van der Waals surface area contributed by atoms with Crippen molar-refractivity contribution in [2.24, 2.45) is 0 Å². The van der Waals surface area contributed by atoms with E-state index < -0.39 is 0 Å². The number of benzene rings is 2. The molecule has 2 heterocycles. The molecule has 0 saturated carbocycles. The quantitative estimate of drug-likeness (QED) is 0.527. The molecule has 0 saturated heterocycles. The maximum atomic E-state index is 13.3. The van der Waals surface area contributed by atoms with Crippen LogP contribution in [0.1, 0.15) is 22.8 Å². The van der Waals surface area contributed by atoms with Crippen LogP contribution in [0.15, 0.2) is 77.4 Å². The van der Waals surface area contributed by atoms with Crippen LogP contribution in [0.2, 0.25) is 0 Å². The highest BCUT2D eigenvalue weighted by Crippen LogP contribution is 2.26. The summed E-state index contributed by atoms with van der Waals surface area (Å²) in [6.45, 7) is 1.92. The van der Waals surface area contributed by atoms with Crippen LogP contribution < -0.4 is 5.32 Å². The fourth-order valence-corrected chi connectivity index (χ4v) is 3.25. The lowest BCUT2D eigenvalue weighted by Gasteiger charge is -2.18. The minimum absolute atomic E-state index is 0.0423. The van der Waals surface area contributed by atoms with Crippen LogP contribution >= 0.6 is 0 Å². The number of hydrogen-bond acceptors (Lipinski definition) is 4. The highest BCUT2D eigenvalue weighted by Gasteiger charge is 2.17. The normalized spacial score (nSPS) is 10.7. The van der Waals surface area contributed by atoms with Crippen LogP contribution in [0.4, 0.5) is 5.69 Å². The van der Waals surface area contributed by atoms with Crippen LogP contribution in [0.25, 0.3) is 22.4 Å². The molecule has 0 fully saturated rings. The molecular weight excluding hydrogens is 378 g/mol. The lowest BCUT2D eigenvalue weighted by Crippen LogP contribution is -2.24. The molecule has 1 N–H and O–H groups in total. The fourth-order valence-electron chi connectivity index (χ4n) is 3.25. The Balaban J connectivity index is 1.72. The van der Waals surface area contributed by atoms with E-state index in [-0.39, 0.29) is 11.8 Å². The summed E-state index contributed by atoms with van der Waals surface area (Å²) in [6.07, 6.45) is 1.58. The molecule has 150 valence electrons. The molecule has 0 unspecified atom stereocenters. The van der Waals surface area contributed by atoms with Crippen molar-refractivity contribution < 1.29 is 14.0 Å². The Morgan fingerprint density at radius 1 is 1.03 bits per heavy atom. The van der Waals surface area contributed by atoms with E-state index in [1.807, 2.05) is 54.6 Å². The number of fused-ring (bicyclic) bond motifs is 1. The summed E-state index contributed by atoms with van der Waals surface area (Å²) in [5.74, 6) is 0.303. The van der Waals surface area contributed by atoms with Crippen LogP contribution in [-0.4, -0.2) is 28.7 Å². The van der Waals surface area contributed by atoms with Gasteiger partial charge in [0.05, 0.1) is 17.3 Å². The summed E-state index contributed by atoms with van der Waals surface area (Å²) in [6, 6.07) is 20.3. The first kappa shape index (κ1) is 19.4. The summed E-state index contributed by atoms with van der Waals surface area (Å²) in [7, 11) is 1.73. The van der Waals surface area contributed by atoms with Gasteiger partial charge in [0.1, 0.15) is 5.69 Å². The van der Waals surface area contributed by atoms with Crippen molar-refractivity contribution in [3.05, 3.63) is 84.1 Å². The zero-order chi connectivity index (χ0) is 21.1. The van der Waals surface area contributed by atoms with Gasteiger partial charge in [0, 0.05) is 31.6 Å². The topological polar surface area (TPSA) is 75.4 Å². The predicted octanol–water partition coefficient (Wildman–Crippen LogP) is 4.73. The van der Waals surface area contributed by atoms with E-state index in [1.54, 1.807) is 30.3 Å². The molecule has 0 aliphatic rings. The van der Waals surface area contributed by atoms with Crippen LogP contribution in [0.3, 0.4) is 0 Å². The van der Waals surface area contributed by atoms with Gasteiger partial charge in [-0.2, -0.15) is 0 Å². The predicted molar refractivity (Wildman–Crippen MR) is 116 cm³/mol. The second kappa shape index (κ2) is 8.21. The molecule has 0 aliphatic carbocycles. The van der Waals surface area contributed by atoms with Gasteiger partial charge in [-0.3, -0.25) is 9.59 Å². The molecule has 30 heavy (non-hydrogen) atoms. The SMILES string of the molecule is CC(=O)N(C)Cc1ccccc1NC(=O)c1cc(-c2ccco2)nc2ccccc12. The Morgan fingerprint density at radius 2 is 1.80 bits per heavy atom. The maximum absolute atomic E-state index is 13.3. The van der Waals surface area contributed by atoms with Gasteiger partial charge in [0.25, 0.3) is 5.91 Å². The molecule has 0 bridgehead atoms. The Kier molecular flexibility index (Phi) is 5.30. The number of carbonyl (C=O) groups excluding carboxylic acids is 2. The van der Waals surface area contributed by atoms with E-state index in [2.05, 4.69) is 10.3 Å². The standard InChI is InChI=1S/C24H21N3O3/c1-16(28)27(2)15-17-8-3-5-10-20(17)26-24(29)19-14-22(23-12-7-13-30-23)25-21-11-6-4-9-18(19)21/h3-14H,15H2,1-2H3,(H,26,29). The van der Waals surface area contributed by atoms with Gasteiger partial charge in [0.15, 0.2) is 5.76 Å². The van der Waals surface area contributed by atoms with Crippen molar-refractivity contribution in [3.63, 3.8) is 0 Å². The van der Waals surface area contributed by atoms with Crippen molar-refractivity contribution in [2.75, 3.05) is 12.4 Å². The second-order valence-electron chi connectivity index (χ2n) is 7.04. The summed E-state index contributed by atoms with van der Waals surface area (Å²) in [5.41, 5.74) is 3.32. The molecule has 4 rings (SSSR count). The third kappa shape index (κ3) is 3.93. The van der Waals surface area contributed by atoms with Gasteiger partial charge in [-0.05, 0) is 35.9 Å². The fraction of sp³-hybridized carbons (Fsp3) is 0.125. The van der Waals surface area contributed by atoms with Gasteiger partial charge in [-0.1, -0.05) is 36.4 Å². The molecule has 0 atom stereocenters. The average molecular weight is 399 g/mol. The molecule has 0 aliphatic heterocycles. The highest BCUT2D eigenvalue weighted by atomic mass is 16.3. The molecule has 2 aromatic heterocycles. The Morgan fingerprint density at radius 3 is 2.57 bits per heavy atom. The van der Waals surface area contributed by atoms with E-state index in [4.69, 9.17) is 4.42 Å². The number of amides is 2. The number of nitrogens with zero attached hydrogens (tertiary/aromatic N) is 2. The van der Waals surface area contributed by atoms with E-state index in [0.29, 0.717) is 34.8 Å². The third-order valence-electron chi connectivity index (χ3n) is 4.95.